The lowest BCUT2D eigenvalue weighted by Gasteiger charge is -2.57. The number of carbonyl (C=O) groups excluding carboxylic acids is 2. The van der Waals surface area contributed by atoms with Crippen LogP contribution < -0.4 is 0 Å². The van der Waals surface area contributed by atoms with Gasteiger partial charge in [0, 0.05) is 11.8 Å². The first-order valence-electron chi connectivity index (χ1n) is 10.9. The van der Waals surface area contributed by atoms with Gasteiger partial charge in [0.05, 0.1) is 12.8 Å². The Labute approximate surface area is 166 Å². The van der Waals surface area contributed by atoms with Gasteiger partial charge in [0.2, 0.25) is 0 Å². The van der Waals surface area contributed by atoms with E-state index in [1.54, 1.807) is 0 Å². The highest BCUT2D eigenvalue weighted by Crippen LogP contribution is 2.65. The van der Waals surface area contributed by atoms with Gasteiger partial charge in [0.1, 0.15) is 6.10 Å². The van der Waals surface area contributed by atoms with Gasteiger partial charge in [-0.25, -0.2) is 0 Å². The molecule has 5 nitrogen and oxygen atoms in total. The summed E-state index contributed by atoms with van der Waals surface area (Å²) in [5, 5.41) is 8.79. The lowest BCUT2D eigenvalue weighted by Crippen LogP contribution is -2.51. The highest BCUT2D eigenvalue weighted by atomic mass is 16.5. The summed E-state index contributed by atoms with van der Waals surface area (Å²) in [7, 11) is 0. The summed E-state index contributed by atoms with van der Waals surface area (Å²) in [6.45, 7) is 4.66. The van der Waals surface area contributed by atoms with Crippen molar-refractivity contribution in [1.82, 2.24) is 0 Å². The lowest BCUT2D eigenvalue weighted by atomic mass is 9.47. The predicted octanol–water partition coefficient (Wildman–Crippen LogP) is 4.29. The molecule has 1 unspecified atom stereocenters. The van der Waals surface area contributed by atoms with Crippen molar-refractivity contribution in [3.05, 3.63) is 11.6 Å². The van der Waals surface area contributed by atoms with Crippen molar-refractivity contribution in [2.75, 3.05) is 0 Å². The van der Waals surface area contributed by atoms with Crippen LogP contribution in [-0.2, 0) is 19.1 Å². The summed E-state index contributed by atoms with van der Waals surface area (Å²) in [5.74, 6) is 0.776. The third-order valence-electron chi connectivity index (χ3n) is 8.69. The Hall–Kier alpha value is -1.65. The summed E-state index contributed by atoms with van der Waals surface area (Å²) in [4.78, 5) is 34.8. The summed E-state index contributed by atoms with van der Waals surface area (Å²) in [6.07, 6.45) is 9.62. The zero-order valence-electron chi connectivity index (χ0n) is 17.0. The molecule has 0 aromatic rings. The Balaban J connectivity index is 1.49. The molecule has 5 heteroatoms. The number of rotatable bonds is 4. The van der Waals surface area contributed by atoms with E-state index >= 15 is 0 Å². The third kappa shape index (κ3) is 3.11. The van der Waals surface area contributed by atoms with Crippen LogP contribution in [0.1, 0.15) is 78.1 Å². The molecule has 0 bridgehead atoms. The molecule has 0 heterocycles. The van der Waals surface area contributed by atoms with Crippen molar-refractivity contribution in [2.45, 2.75) is 84.2 Å². The first-order valence-corrected chi connectivity index (χ1v) is 10.9. The minimum absolute atomic E-state index is 0.00210. The fourth-order valence-electron chi connectivity index (χ4n) is 7.13. The Morgan fingerprint density at radius 3 is 2.61 bits per heavy atom. The van der Waals surface area contributed by atoms with E-state index in [0.29, 0.717) is 30.0 Å². The minimum atomic E-state index is -0.960. The molecule has 0 aliphatic heterocycles. The molecule has 4 aliphatic carbocycles. The normalized spacial score (nSPS) is 42.1. The molecule has 0 spiro atoms. The highest BCUT2D eigenvalue weighted by Gasteiger charge is 2.59. The molecule has 0 aromatic heterocycles. The molecular weight excluding hydrogens is 356 g/mol. The summed E-state index contributed by atoms with van der Waals surface area (Å²) in [6, 6.07) is 0. The van der Waals surface area contributed by atoms with E-state index in [-0.39, 0.29) is 35.7 Å². The zero-order chi connectivity index (χ0) is 20.1. The molecule has 0 aromatic carbocycles. The fourth-order valence-corrected chi connectivity index (χ4v) is 7.13. The molecule has 4 rings (SSSR count). The molecule has 4 aliphatic rings. The minimum Gasteiger partial charge on any atom is -0.481 e. The van der Waals surface area contributed by atoms with Crippen molar-refractivity contribution >= 4 is 17.7 Å². The number of carboxylic acids is 1. The number of hydrogen-bond acceptors (Lipinski definition) is 4. The Bertz CT molecular complexity index is 725. The third-order valence-corrected chi connectivity index (χ3v) is 8.69. The van der Waals surface area contributed by atoms with Gasteiger partial charge < -0.3 is 9.84 Å². The second-order valence-corrected chi connectivity index (χ2v) is 9.96. The van der Waals surface area contributed by atoms with E-state index in [1.807, 2.05) is 6.08 Å². The zero-order valence-corrected chi connectivity index (χ0v) is 17.0. The maximum absolute atomic E-state index is 12.1. The molecule has 3 fully saturated rings. The number of allylic oxidation sites excluding steroid dienone is 1. The van der Waals surface area contributed by atoms with E-state index < -0.39 is 5.97 Å². The number of esters is 1. The van der Waals surface area contributed by atoms with E-state index in [0.717, 1.165) is 44.9 Å². The monoisotopic (exact) mass is 388 g/mol. The van der Waals surface area contributed by atoms with Gasteiger partial charge in [-0.3, -0.25) is 14.4 Å². The van der Waals surface area contributed by atoms with Crippen LogP contribution in [0, 0.1) is 28.6 Å². The predicted molar refractivity (Wildman–Crippen MR) is 103 cm³/mol. The molecule has 0 amide bonds. The van der Waals surface area contributed by atoms with Crippen molar-refractivity contribution in [1.29, 1.82) is 0 Å². The maximum Gasteiger partial charge on any atom is 0.306 e. The smallest absolute Gasteiger partial charge is 0.306 e. The second kappa shape index (κ2) is 7.00. The second-order valence-electron chi connectivity index (χ2n) is 9.96. The van der Waals surface area contributed by atoms with Crippen LogP contribution in [0.3, 0.4) is 0 Å². The Morgan fingerprint density at radius 2 is 1.86 bits per heavy atom. The average Bonchev–Trinajstić information content (AvgIpc) is 2.97. The number of ketones is 1. The number of carboxylic acid groups (broad SMARTS) is 1. The van der Waals surface area contributed by atoms with Crippen molar-refractivity contribution in [3.8, 4) is 0 Å². The van der Waals surface area contributed by atoms with Crippen LogP contribution in [0.15, 0.2) is 11.6 Å². The van der Waals surface area contributed by atoms with Gasteiger partial charge in [-0.1, -0.05) is 19.4 Å². The first kappa shape index (κ1) is 19.7. The molecule has 28 heavy (non-hydrogen) atoms. The quantitative estimate of drug-likeness (QED) is 0.727. The van der Waals surface area contributed by atoms with E-state index in [2.05, 4.69) is 13.8 Å². The molecule has 1 N–H and O–H groups in total. The Morgan fingerprint density at radius 1 is 1.07 bits per heavy atom. The molecule has 0 radical (unpaired) electrons. The van der Waals surface area contributed by atoms with Crippen molar-refractivity contribution in [2.24, 2.45) is 28.6 Å². The number of hydrogen-bond donors (Lipinski definition) is 1. The van der Waals surface area contributed by atoms with Crippen LogP contribution in [-0.4, -0.2) is 28.9 Å². The van der Waals surface area contributed by atoms with E-state index in [4.69, 9.17) is 9.84 Å². The lowest BCUT2D eigenvalue weighted by molar-refractivity contribution is -0.161. The van der Waals surface area contributed by atoms with Crippen LogP contribution in [0.25, 0.3) is 0 Å². The van der Waals surface area contributed by atoms with Crippen molar-refractivity contribution in [3.63, 3.8) is 0 Å². The number of ether oxygens (including phenoxy) is 1. The molecule has 0 saturated heterocycles. The molecular formula is C23H32O5. The molecule has 154 valence electrons. The van der Waals surface area contributed by atoms with Gasteiger partial charge in [-0.05, 0) is 74.2 Å². The maximum atomic E-state index is 12.1. The van der Waals surface area contributed by atoms with Gasteiger partial charge in [0.25, 0.3) is 0 Å². The number of aliphatic carboxylic acids is 1. The Kier molecular flexibility index (Phi) is 4.91. The SMILES string of the molecule is C[C@]12CCC(=O)C=C1CC[C@@H]1[C@@H]2CC[C@]2(C)C(OC(=O)CCC(=O)O)CC[C@@H]12. The van der Waals surface area contributed by atoms with Crippen LogP contribution >= 0.6 is 0 Å². The topological polar surface area (TPSA) is 80.7 Å². The molecule has 3 saturated carbocycles. The summed E-state index contributed by atoms with van der Waals surface area (Å²) >= 11 is 0. The molecule has 6 atom stereocenters. The number of carbonyl (C=O) groups is 3. The largest absolute Gasteiger partial charge is 0.481 e. The van der Waals surface area contributed by atoms with Gasteiger partial charge in [0.15, 0.2) is 5.78 Å². The van der Waals surface area contributed by atoms with Gasteiger partial charge in [-0.15, -0.1) is 0 Å². The van der Waals surface area contributed by atoms with Gasteiger partial charge in [-0.2, -0.15) is 0 Å². The van der Waals surface area contributed by atoms with Crippen molar-refractivity contribution < 1.29 is 24.2 Å². The van der Waals surface area contributed by atoms with Crippen LogP contribution in [0.4, 0.5) is 0 Å². The fraction of sp³-hybridized carbons (Fsp3) is 0.783. The van der Waals surface area contributed by atoms with E-state index in [9.17, 15) is 14.4 Å². The highest BCUT2D eigenvalue weighted by molar-refractivity contribution is 5.91. The summed E-state index contributed by atoms with van der Waals surface area (Å²) < 4.78 is 5.80. The average molecular weight is 389 g/mol. The first-order chi connectivity index (χ1) is 13.2. The van der Waals surface area contributed by atoms with Crippen LogP contribution in [0.5, 0.6) is 0 Å². The number of fused-ring (bicyclic) bond motifs is 5. The summed E-state index contributed by atoms with van der Waals surface area (Å²) in [5.41, 5.74) is 1.54. The van der Waals surface area contributed by atoms with Gasteiger partial charge >= 0.3 is 11.9 Å². The van der Waals surface area contributed by atoms with Crippen LogP contribution in [0.2, 0.25) is 0 Å². The standard InChI is InChI=1S/C23H32O5/c1-22-11-9-15(24)13-14(22)3-4-16-17-5-6-19(23(17,2)12-10-18(16)22)28-21(27)8-7-20(25)26/h13,16-19H,3-12H2,1-2H3,(H,25,26)/t16-,17-,18-,19?,22-,23-/m0/s1. The van der Waals surface area contributed by atoms with E-state index in [1.165, 1.54) is 5.57 Å².